The van der Waals surface area contributed by atoms with Crippen molar-refractivity contribution in [2.45, 2.75) is 31.2 Å². The Morgan fingerprint density at radius 2 is 1.76 bits per heavy atom. The number of thiol groups is 1. The Kier molecular flexibility index (Phi) is 25.5. The molecule has 189 valence electrons. The second-order valence-corrected chi connectivity index (χ2v) is 9.92. The van der Waals surface area contributed by atoms with Gasteiger partial charge in [-0.15, -0.1) is 0 Å². The summed E-state index contributed by atoms with van der Waals surface area (Å²) in [6.45, 7) is -0.104. The molecule has 2 unspecified atom stereocenters. The molecule has 1 aliphatic heterocycles. The Morgan fingerprint density at radius 3 is 2.24 bits per heavy atom. The third kappa shape index (κ3) is 15.4. The summed E-state index contributed by atoms with van der Waals surface area (Å²) in [5.41, 5.74) is 6.56. The van der Waals surface area contributed by atoms with E-state index in [4.69, 9.17) is 29.1 Å². The minimum atomic E-state index is -4.17. The van der Waals surface area contributed by atoms with Crippen LogP contribution in [0.25, 0.3) is 0 Å². The zero-order chi connectivity index (χ0) is 23.9. The van der Waals surface area contributed by atoms with E-state index >= 15 is 0 Å². The summed E-state index contributed by atoms with van der Waals surface area (Å²) in [6.07, 6.45) is 2.50. The number of phosphoric ester groups is 1. The third-order valence-electron chi connectivity index (χ3n) is 4.19. The van der Waals surface area contributed by atoms with Crippen molar-refractivity contribution in [3.8, 4) is 0 Å². The van der Waals surface area contributed by atoms with E-state index in [1.807, 2.05) is 30.3 Å². The Bertz CT molecular complexity index is 696. The van der Waals surface area contributed by atoms with Crippen molar-refractivity contribution in [1.82, 2.24) is 0 Å². The van der Waals surface area contributed by atoms with Gasteiger partial charge >= 0.3 is 36.5 Å². The van der Waals surface area contributed by atoms with Crippen LogP contribution in [-0.2, 0) is 92.2 Å². The molecule has 1 heterocycles. The van der Waals surface area contributed by atoms with Gasteiger partial charge in [0.2, 0.25) is 0 Å². The fourth-order valence-corrected chi connectivity index (χ4v) is 4.60. The van der Waals surface area contributed by atoms with Crippen LogP contribution in [0.4, 0.5) is 0 Å². The second kappa shape index (κ2) is 21.6. The molecule has 0 spiro atoms. The molecule has 1 fully saturated rings. The molecule has 5 atom stereocenters. The first kappa shape index (κ1) is 39.0. The standard InChI is InChI=1S/C16H27NO8P2.CH3O.CH3S.W.Y/c1-21-26(18,9-8-17)25-15-11-14(10-13-6-4-3-5-7-13)24-16(15)12-23-27(19,20)22-2;2*1-2;;/h3-7,14-16H,8-12,17H2,1-2H3,(H,19,20);2*2H,1H2;;/q;2*-1;+2;/t14-,15-,16+,26?;;;;/m0..../s1. The molecule has 0 aliphatic carbocycles. The van der Waals surface area contributed by atoms with Crippen molar-refractivity contribution >= 4 is 28.0 Å². The van der Waals surface area contributed by atoms with Crippen molar-refractivity contribution in [2.24, 2.45) is 5.73 Å². The molecular formula is C18H33NO9P2SWY. The molecule has 33 heavy (non-hydrogen) atoms. The van der Waals surface area contributed by atoms with Gasteiger partial charge in [-0.2, -0.15) is 0 Å². The van der Waals surface area contributed by atoms with E-state index in [2.05, 4.69) is 30.5 Å². The molecule has 1 aromatic carbocycles. The molecule has 0 amide bonds. The fraction of sp³-hybridized carbons (Fsp3) is 0.556. The minimum Gasteiger partial charge on any atom is -0.569 e. The van der Waals surface area contributed by atoms with Gasteiger partial charge in [0.15, 0.2) is 0 Å². The maximum Gasteiger partial charge on any atom is 2.00 e. The van der Waals surface area contributed by atoms with Crippen LogP contribution in [0.2, 0.25) is 0 Å². The minimum absolute atomic E-state index is 0. The van der Waals surface area contributed by atoms with Crippen LogP contribution < -0.4 is 5.73 Å². The number of aliphatic hydroxyl groups excluding tert-OH is 1. The Hall–Kier alpha value is 1.50. The summed E-state index contributed by atoms with van der Waals surface area (Å²) < 4.78 is 50.3. The van der Waals surface area contributed by atoms with Gasteiger partial charge < -0.3 is 42.1 Å². The molecule has 15 heteroatoms. The van der Waals surface area contributed by atoms with E-state index in [-0.39, 0.29) is 79.2 Å². The van der Waals surface area contributed by atoms with Crippen molar-refractivity contribution in [3.63, 3.8) is 0 Å². The largest absolute Gasteiger partial charge is 2.00 e. The first-order chi connectivity index (χ1) is 14.8. The van der Waals surface area contributed by atoms with Gasteiger partial charge in [-0.1, -0.05) is 30.3 Å². The van der Waals surface area contributed by atoms with Gasteiger partial charge in [0.05, 0.1) is 25.0 Å². The van der Waals surface area contributed by atoms with Crippen LogP contribution in [0.3, 0.4) is 0 Å². The zero-order valence-electron chi connectivity index (χ0n) is 18.7. The topological polar surface area (TPSA) is 147 Å². The summed E-state index contributed by atoms with van der Waals surface area (Å²) in [5, 5.41) is 6.75. The summed E-state index contributed by atoms with van der Waals surface area (Å²) >= 11 is 3.28. The van der Waals surface area contributed by atoms with Crippen LogP contribution in [0, 0.1) is 13.4 Å². The molecular weight excluding hydrogens is 741 g/mol. The predicted octanol–water partition coefficient (Wildman–Crippen LogP) is 3.19. The second-order valence-electron chi connectivity index (χ2n) is 6.12. The maximum atomic E-state index is 12.7. The molecule has 1 radical (unpaired) electrons. The monoisotopic (exact) mass is 774 g/mol. The summed E-state index contributed by atoms with van der Waals surface area (Å²) in [4.78, 5) is 9.45. The van der Waals surface area contributed by atoms with Crippen LogP contribution in [0.15, 0.2) is 30.3 Å². The summed E-state index contributed by atoms with van der Waals surface area (Å²) in [6, 6.07) is 9.74. The smallest absolute Gasteiger partial charge is 0.569 e. The molecule has 10 nitrogen and oxygen atoms in total. The zero-order valence-corrected chi connectivity index (χ0v) is 27.2. The van der Waals surface area contributed by atoms with E-state index in [0.717, 1.165) is 12.7 Å². The Morgan fingerprint density at radius 1 is 1.18 bits per heavy atom. The van der Waals surface area contributed by atoms with Crippen molar-refractivity contribution in [3.05, 3.63) is 49.3 Å². The predicted molar refractivity (Wildman–Crippen MR) is 121 cm³/mol. The van der Waals surface area contributed by atoms with Crippen LogP contribution >= 0.6 is 28.0 Å². The third-order valence-corrected chi connectivity index (χ3v) is 7.08. The van der Waals surface area contributed by atoms with Gasteiger partial charge in [-0.05, 0) is 12.0 Å². The molecule has 0 saturated carbocycles. The molecule has 1 aromatic rings. The van der Waals surface area contributed by atoms with Gasteiger partial charge in [0, 0.05) is 59.9 Å². The quantitative estimate of drug-likeness (QED) is 0.150. The number of hydrogen-bond acceptors (Lipinski definition) is 10. The first-order valence-electron chi connectivity index (χ1n) is 9.20. The summed E-state index contributed by atoms with van der Waals surface area (Å²) in [7, 11) is -2.94. The van der Waals surface area contributed by atoms with Gasteiger partial charge in [0.1, 0.15) is 6.10 Å². The number of hydrogen-bond donors (Lipinski definition) is 4. The fourth-order valence-electron chi connectivity index (χ4n) is 2.84. The SMILES string of the molecule is COP(=O)(O)OC[C@H]1O[C@@H](Cc2ccccc2)C[C@@H]1OP(=O)(CCN)OC.[CH2-]O.[CH2-]S.[W+2].[Y]. The molecule has 2 rings (SSSR count). The van der Waals surface area contributed by atoms with Crippen LogP contribution in [-0.4, -0.2) is 61.8 Å². The number of nitrogens with two attached hydrogens (primary N) is 1. The number of phosphoric acid groups is 1. The number of rotatable bonds is 11. The molecule has 0 bridgehead atoms. The van der Waals surface area contributed by atoms with Crippen molar-refractivity contribution in [1.29, 1.82) is 0 Å². The van der Waals surface area contributed by atoms with Crippen LogP contribution in [0.1, 0.15) is 12.0 Å². The van der Waals surface area contributed by atoms with E-state index < -0.39 is 27.6 Å². The Balaban J connectivity index is -0.00000142. The van der Waals surface area contributed by atoms with Crippen molar-refractivity contribution < 1.29 is 95.7 Å². The average molecular weight is 774 g/mol. The van der Waals surface area contributed by atoms with Crippen LogP contribution in [0.5, 0.6) is 0 Å². The normalized spacial score (nSPS) is 22.6. The van der Waals surface area contributed by atoms with E-state index in [1.165, 1.54) is 7.11 Å². The molecule has 0 aromatic heterocycles. The Labute approximate surface area is 241 Å². The van der Waals surface area contributed by atoms with Gasteiger partial charge in [-0.3, -0.25) is 19.9 Å². The van der Waals surface area contributed by atoms with E-state index in [9.17, 15) is 14.0 Å². The van der Waals surface area contributed by atoms with Gasteiger partial charge in [-0.25, -0.2) is 11.7 Å². The average Bonchev–Trinajstić information content (AvgIpc) is 3.16. The molecule has 1 saturated heterocycles. The van der Waals surface area contributed by atoms with E-state index in [1.54, 1.807) is 0 Å². The summed E-state index contributed by atoms with van der Waals surface area (Å²) in [5.74, 6) is 0. The number of aliphatic hydroxyl groups is 1. The van der Waals surface area contributed by atoms with Crippen molar-refractivity contribution in [2.75, 3.05) is 33.5 Å². The van der Waals surface area contributed by atoms with Gasteiger partial charge in [0.25, 0.3) is 0 Å². The molecule has 4 N–H and O–H groups in total. The maximum absolute atomic E-state index is 12.7. The molecule has 1 aliphatic rings. The number of ether oxygens (including phenoxy) is 1. The number of benzene rings is 1. The first-order valence-corrected chi connectivity index (χ1v) is 13.1. The van der Waals surface area contributed by atoms with E-state index in [0.29, 0.717) is 12.8 Å².